The molecule has 0 fully saturated rings. The summed E-state index contributed by atoms with van der Waals surface area (Å²) in [5.41, 5.74) is 2.29. The Morgan fingerprint density at radius 1 is 1.00 bits per heavy atom. The van der Waals surface area contributed by atoms with Crippen molar-refractivity contribution in [3.63, 3.8) is 0 Å². The zero-order valence-electron chi connectivity index (χ0n) is 18.7. The third-order valence-corrected chi connectivity index (χ3v) is 5.55. The molecule has 0 radical (unpaired) electrons. The highest BCUT2D eigenvalue weighted by Gasteiger charge is 2.30. The van der Waals surface area contributed by atoms with Crippen LogP contribution in [0.4, 0.5) is 13.2 Å². The molecule has 0 saturated heterocycles. The second-order valence-electron chi connectivity index (χ2n) is 7.55. The molecule has 182 valence electrons. The molecule has 2 aromatic carbocycles. The standard InChI is InChI=1S/C26H22ClF3N2O3/c1-35-25(34)23(16-27)32(17-19-2-7-20(8-3-19)21-12-14-31-15-13-21)24(33)11-6-18-4-9-22(10-5-18)26(28,29)30/h2-15,23H,16-17H2,1H3/b11-6+/t23-/m1/s1. The lowest BCUT2D eigenvalue weighted by Crippen LogP contribution is -2.45. The fraction of sp³-hybridized carbons (Fsp3) is 0.192. The molecule has 0 aliphatic heterocycles. The molecule has 3 aromatic rings. The molecule has 0 unspecified atom stereocenters. The van der Waals surface area contributed by atoms with Gasteiger partial charge in [0.15, 0.2) is 0 Å². The fourth-order valence-corrected chi connectivity index (χ4v) is 3.63. The number of pyridine rings is 1. The number of alkyl halides is 4. The Kier molecular flexibility index (Phi) is 8.65. The van der Waals surface area contributed by atoms with Crippen LogP contribution in [0.15, 0.2) is 79.1 Å². The number of amides is 1. The summed E-state index contributed by atoms with van der Waals surface area (Å²) in [6, 6.07) is 14.5. The molecule has 0 aliphatic carbocycles. The van der Waals surface area contributed by atoms with Crippen LogP contribution in [0.2, 0.25) is 0 Å². The molecule has 0 spiro atoms. The van der Waals surface area contributed by atoms with Gasteiger partial charge in [-0.3, -0.25) is 9.78 Å². The fourth-order valence-electron chi connectivity index (χ4n) is 3.34. The lowest BCUT2D eigenvalue weighted by molar-refractivity contribution is -0.150. The van der Waals surface area contributed by atoms with Gasteiger partial charge < -0.3 is 9.64 Å². The number of rotatable bonds is 8. The largest absolute Gasteiger partial charge is 0.467 e. The van der Waals surface area contributed by atoms with Gasteiger partial charge in [0, 0.05) is 25.0 Å². The van der Waals surface area contributed by atoms with Crippen molar-refractivity contribution in [3.8, 4) is 11.1 Å². The van der Waals surface area contributed by atoms with Gasteiger partial charge in [-0.25, -0.2) is 4.79 Å². The molecule has 5 nitrogen and oxygen atoms in total. The average Bonchev–Trinajstić information content (AvgIpc) is 2.87. The van der Waals surface area contributed by atoms with E-state index in [1.807, 2.05) is 36.4 Å². The van der Waals surface area contributed by atoms with Gasteiger partial charge in [-0.05, 0) is 52.6 Å². The number of ether oxygens (including phenoxy) is 1. The number of hydrogen-bond acceptors (Lipinski definition) is 4. The van der Waals surface area contributed by atoms with E-state index in [-0.39, 0.29) is 12.4 Å². The molecule has 1 atom stereocenters. The number of nitrogens with zero attached hydrogens (tertiary/aromatic N) is 2. The summed E-state index contributed by atoms with van der Waals surface area (Å²) in [7, 11) is 1.20. The van der Waals surface area contributed by atoms with Crippen LogP contribution in [0.3, 0.4) is 0 Å². The van der Waals surface area contributed by atoms with Crippen LogP contribution in [0.5, 0.6) is 0 Å². The van der Waals surface area contributed by atoms with E-state index in [1.165, 1.54) is 36.3 Å². The summed E-state index contributed by atoms with van der Waals surface area (Å²) in [6.45, 7) is 0.0687. The van der Waals surface area contributed by atoms with Crippen LogP contribution in [0.25, 0.3) is 17.2 Å². The second-order valence-corrected chi connectivity index (χ2v) is 7.85. The first-order valence-electron chi connectivity index (χ1n) is 10.5. The van der Waals surface area contributed by atoms with Crippen molar-refractivity contribution in [2.24, 2.45) is 0 Å². The Balaban J connectivity index is 1.82. The Bertz CT molecular complexity index is 1170. The van der Waals surface area contributed by atoms with Crippen molar-refractivity contribution >= 4 is 29.6 Å². The molecule has 3 rings (SSSR count). The van der Waals surface area contributed by atoms with Gasteiger partial charge in [0.25, 0.3) is 0 Å². The van der Waals surface area contributed by atoms with Crippen LogP contribution in [0.1, 0.15) is 16.7 Å². The number of halogens is 4. The van der Waals surface area contributed by atoms with Gasteiger partial charge in [0.2, 0.25) is 5.91 Å². The Morgan fingerprint density at radius 3 is 2.14 bits per heavy atom. The first kappa shape index (κ1) is 26.0. The average molecular weight is 503 g/mol. The summed E-state index contributed by atoms with van der Waals surface area (Å²) in [4.78, 5) is 30.6. The monoisotopic (exact) mass is 502 g/mol. The smallest absolute Gasteiger partial charge is 0.416 e. The number of carbonyl (C=O) groups excluding carboxylic acids is 2. The molecule has 0 bridgehead atoms. The van der Waals surface area contributed by atoms with Crippen LogP contribution in [0, 0.1) is 0 Å². The predicted molar refractivity (Wildman–Crippen MR) is 127 cm³/mol. The maximum Gasteiger partial charge on any atom is 0.416 e. The molecular formula is C26H22ClF3N2O3. The zero-order chi connectivity index (χ0) is 25.4. The molecule has 0 aliphatic rings. The molecule has 9 heteroatoms. The van der Waals surface area contributed by atoms with Gasteiger partial charge in [0.05, 0.1) is 18.6 Å². The van der Waals surface area contributed by atoms with E-state index in [0.717, 1.165) is 28.8 Å². The minimum atomic E-state index is -4.45. The van der Waals surface area contributed by atoms with Crippen LogP contribution < -0.4 is 0 Å². The maximum atomic E-state index is 13.0. The summed E-state index contributed by atoms with van der Waals surface area (Å²) in [5, 5.41) is 0. The van der Waals surface area contributed by atoms with E-state index in [1.54, 1.807) is 12.4 Å². The molecule has 1 amide bonds. The normalized spacial score (nSPS) is 12.4. The highest BCUT2D eigenvalue weighted by Crippen LogP contribution is 2.29. The number of methoxy groups -OCH3 is 1. The molecule has 0 N–H and O–H groups in total. The van der Waals surface area contributed by atoms with Crippen molar-refractivity contribution in [2.75, 3.05) is 13.0 Å². The Labute approximate surface area is 205 Å². The number of carbonyl (C=O) groups is 2. The van der Waals surface area contributed by atoms with Crippen molar-refractivity contribution < 1.29 is 27.5 Å². The Morgan fingerprint density at radius 2 is 1.60 bits per heavy atom. The quantitative estimate of drug-likeness (QED) is 0.229. The summed E-state index contributed by atoms with van der Waals surface area (Å²) < 4.78 is 43.1. The minimum absolute atomic E-state index is 0.0687. The van der Waals surface area contributed by atoms with E-state index in [9.17, 15) is 22.8 Å². The number of hydrogen-bond donors (Lipinski definition) is 0. The predicted octanol–water partition coefficient (Wildman–Crippen LogP) is 5.59. The summed E-state index contributed by atoms with van der Waals surface area (Å²) >= 11 is 6.00. The van der Waals surface area contributed by atoms with Gasteiger partial charge >= 0.3 is 12.1 Å². The van der Waals surface area contributed by atoms with E-state index in [2.05, 4.69) is 4.98 Å². The minimum Gasteiger partial charge on any atom is -0.467 e. The second kappa shape index (κ2) is 11.7. The molecule has 1 aromatic heterocycles. The Hall–Kier alpha value is -3.65. The van der Waals surface area contributed by atoms with Crippen molar-refractivity contribution in [1.82, 2.24) is 9.88 Å². The number of esters is 1. The van der Waals surface area contributed by atoms with Crippen LogP contribution in [-0.2, 0) is 27.0 Å². The maximum absolute atomic E-state index is 13.0. The molecular weight excluding hydrogens is 481 g/mol. The lowest BCUT2D eigenvalue weighted by atomic mass is 10.0. The zero-order valence-corrected chi connectivity index (χ0v) is 19.5. The number of aromatic nitrogens is 1. The topological polar surface area (TPSA) is 59.5 Å². The third-order valence-electron chi connectivity index (χ3n) is 5.26. The summed E-state index contributed by atoms with van der Waals surface area (Å²) in [5.74, 6) is -1.41. The molecule has 1 heterocycles. The SMILES string of the molecule is COC(=O)[C@@H](CCl)N(Cc1ccc(-c2ccncc2)cc1)C(=O)/C=C/c1ccc(C(F)(F)F)cc1. The van der Waals surface area contributed by atoms with E-state index in [0.29, 0.717) is 5.56 Å². The molecule has 0 saturated carbocycles. The van der Waals surface area contributed by atoms with E-state index in [4.69, 9.17) is 16.3 Å². The molecule has 35 heavy (non-hydrogen) atoms. The highest BCUT2D eigenvalue weighted by molar-refractivity contribution is 6.20. The lowest BCUT2D eigenvalue weighted by Gasteiger charge is -2.28. The highest BCUT2D eigenvalue weighted by atomic mass is 35.5. The van der Waals surface area contributed by atoms with Crippen molar-refractivity contribution in [3.05, 3.63) is 95.8 Å². The third kappa shape index (κ3) is 6.93. The van der Waals surface area contributed by atoms with Gasteiger partial charge in [-0.2, -0.15) is 13.2 Å². The van der Waals surface area contributed by atoms with Crippen LogP contribution in [-0.4, -0.2) is 40.8 Å². The van der Waals surface area contributed by atoms with Gasteiger partial charge in [0.1, 0.15) is 6.04 Å². The van der Waals surface area contributed by atoms with Crippen molar-refractivity contribution in [2.45, 2.75) is 18.8 Å². The first-order chi connectivity index (χ1) is 16.7. The van der Waals surface area contributed by atoms with Crippen molar-refractivity contribution in [1.29, 1.82) is 0 Å². The first-order valence-corrected chi connectivity index (χ1v) is 11.1. The number of benzene rings is 2. The van der Waals surface area contributed by atoms with E-state index >= 15 is 0 Å². The summed E-state index contributed by atoms with van der Waals surface area (Å²) in [6.07, 6.45) is 1.50. The van der Waals surface area contributed by atoms with E-state index < -0.39 is 29.7 Å². The van der Waals surface area contributed by atoms with Gasteiger partial charge in [-0.1, -0.05) is 36.4 Å². The van der Waals surface area contributed by atoms with Gasteiger partial charge in [-0.15, -0.1) is 11.6 Å². The van der Waals surface area contributed by atoms with Crippen LogP contribution >= 0.6 is 11.6 Å².